The summed E-state index contributed by atoms with van der Waals surface area (Å²) in [5, 5.41) is 0. The maximum Gasteiger partial charge on any atom is 0.346 e. The predicted octanol–water partition coefficient (Wildman–Crippen LogP) is 0.907. The van der Waals surface area contributed by atoms with Crippen LogP contribution in [0.15, 0.2) is 24.3 Å². The van der Waals surface area contributed by atoms with Gasteiger partial charge in [0.15, 0.2) is 6.10 Å². The van der Waals surface area contributed by atoms with Crippen molar-refractivity contribution in [2.45, 2.75) is 19.4 Å². The molecule has 0 saturated carbocycles. The molecular formula is C15H17NO6. The average Bonchev–Trinajstić information content (AvgIpc) is 2.66. The van der Waals surface area contributed by atoms with Gasteiger partial charge in [-0.15, -0.1) is 0 Å². The van der Waals surface area contributed by atoms with Crippen molar-refractivity contribution in [2.75, 3.05) is 25.2 Å². The smallest absolute Gasteiger partial charge is 0.346 e. The molecule has 2 rings (SSSR count). The van der Waals surface area contributed by atoms with Gasteiger partial charge < -0.3 is 14.2 Å². The summed E-state index contributed by atoms with van der Waals surface area (Å²) in [6.07, 6.45) is -0.861. The summed E-state index contributed by atoms with van der Waals surface area (Å²) in [6.45, 7) is 1.37. The lowest BCUT2D eigenvalue weighted by Gasteiger charge is -2.21. The summed E-state index contributed by atoms with van der Waals surface area (Å²) in [4.78, 5) is 36.6. The van der Waals surface area contributed by atoms with Crippen LogP contribution in [0, 0.1) is 0 Å². The third kappa shape index (κ3) is 3.55. The molecule has 1 amide bonds. The summed E-state index contributed by atoms with van der Waals surface area (Å²) in [6, 6.07) is 6.94. The highest BCUT2D eigenvalue weighted by Crippen LogP contribution is 2.30. The molecule has 22 heavy (non-hydrogen) atoms. The van der Waals surface area contributed by atoms with Gasteiger partial charge in [-0.2, -0.15) is 0 Å². The second-order valence-electron chi connectivity index (χ2n) is 4.70. The van der Waals surface area contributed by atoms with Crippen LogP contribution in [0.1, 0.15) is 13.3 Å². The second kappa shape index (κ2) is 6.93. The number of hydrogen-bond acceptors (Lipinski definition) is 6. The van der Waals surface area contributed by atoms with Gasteiger partial charge >= 0.3 is 11.9 Å². The molecule has 7 heteroatoms. The van der Waals surface area contributed by atoms with E-state index in [9.17, 15) is 14.4 Å². The molecule has 0 spiro atoms. The van der Waals surface area contributed by atoms with Crippen molar-refractivity contribution in [3.63, 3.8) is 0 Å². The number of amides is 1. The molecule has 0 fully saturated rings. The van der Waals surface area contributed by atoms with E-state index in [4.69, 9.17) is 9.47 Å². The third-order valence-corrected chi connectivity index (χ3v) is 3.16. The molecule has 0 aliphatic carbocycles. The number of anilines is 1. The van der Waals surface area contributed by atoms with Gasteiger partial charge in [0.25, 0.3) is 0 Å². The maximum absolute atomic E-state index is 12.1. The molecule has 1 atom stereocenters. The van der Waals surface area contributed by atoms with E-state index >= 15 is 0 Å². The van der Waals surface area contributed by atoms with Crippen molar-refractivity contribution in [3.8, 4) is 5.75 Å². The first-order chi connectivity index (χ1) is 10.5. The van der Waals surface area contributed by atoms with Crippen molar-refractivity contribution in [2.24, 2.45) is 0 Å². The molecular weight excluding hydrogens is 290 g/mol. The van der Waals surface area contributed by atoms with Crippen molar-refractivity contribution >= 4 is 23.5 Å². The minimum absolute atomic E-state index is 0.161. The highest BCUT2D eigenvalue weighted by Gasteiger charge is 2.27. The van der Waals surface area contributed by atoms with E-state index < -0.39 is 18.0 Å². The second-order valence-corrected chi connectivity index (χ2v) is 4.70. The molecule has 0 saturated heterocycles. The Bertz CT molecular complexity index is 585. The van der Waals surface area contributed by atoms with E-state index in [0.717, 1.165) is 0 Å². The molecule has 7 nitrogen and oxygen atoms in total. The van der Waals surface area contributed by atoms with E-state index in [1.165, 1.54) is 18.9 Å². The van der Waals surface area contributed by atoms with Crippen LogP contribution in [0.4, 0.5) is 5.69 Å². The maximum atomic E-state index is 12.1. The number of ether oxygens (including phenoxy) is 3. The normalized spacial score (nSPS) is 15.2. The van der Waals surface area contributed by atoms with Crippen LogP contribution >= 0.6 is 0 Å². The SMILES string of the molecule is COC(=O)C(C)OC(=O)CN1C(=O)CCOc2ccccc21. The quantitative estimate of drug-likeness (QED) is 0.769. The lowest BCUT2D eigenvalue weighted by molar-refractivity contribution is -0.163. The predicted molar refractivity (Wildman–Crippen MR) is 76.5 cm³/mol. The van der Waals surface area contributed by atoms with Gasteiger partial charge in [-0.1, -0.05) is 12.1 Å². The van der Waals surface area contributed by atoms with Gasteiger partial charge in [-0.25, -0.2) is 4.79 Å². The Balaban J connectivity index is 2.12. The fraction of sp³-hybridized carbons (Fsp3) is 0.400. The average molecular weight is 307 g/mol. The van der Waals surface area contributed by atoms with Crippen LogP contribution in [-0.4, -0.2) is 44.2 Å². The van der Waals surface area contributed by atoms with Gasteiger partial charge in [0.2, 0.25) is 5.91 Å². The van der Waals surface area contributed by atoms with Crippen LogP contribution in [0.5, 0.6) is 5.75 Å². The van der Waals surface area contributed by atoms with Crippen LogP contribution in [0.3, 0.4) is 0 Å². The number of carbonyl (C=O) groups is 3. The summed E-state index contributed by atoms with van der Waals surface area (Å²) < 4.78 is 14.9. The van der Waals surface area contributed by atoms with Crippen LogP contribution in [-0.2, 0) is 23.9 Å². The van der Waals surface area contributed by atoms with E-state index in [2.05, 4.69) is 4.74 Å². The summed E-state index contributed by atoms with van der Waals surface area (Å²) in [5.41, 5.74) is 0.507. The van der Waals surface area contributed by atoms with Crippen LogP contribution in [0.2, 0.25) is 0 Å². The molecule has 1 heterocycles. The Morgan fingerprint density at radius 1 is 1.36 bits per heavy atom. The van der Waals surface area contributed by atoms with E-state index in [-0.39, 0.29) is 25.5 Å². The number of methoxy groups -OCH3 is 1. The Morgan fingerprint density at radius 2 is 2.09 bits per heavy atom. The van der Waals surface area contributed by atoms with E-state index in [0.29, 0.717) is 11.4 Å². The molecule has 1 aromatic carbocycles. The Kier molecular flexibility index (Phi) is 4.98. The lowest BCUT2D eigenvalue weighted by Crippen LogP contribution is -2.38. The van der Waals surface area contributed by atoms with Gasteiger partial charge in [0.05, 0.1) is 25.8 Å². The Labute approximate surface area is 127 Å². The van der Waals surface area contributed by atoms with Gasteiger partial charge in [0, 0.05) is 0 Å². The highest BCUT2D eigenvalue weighted by molar-refractivity contribution is 5.99. The summed E-state index contributed by atoms with van der Waals surface area (Å²) >= 11 is 0. The van der Waals surface area contributed by atoms with Gasteiger partial charge in [-0.3, -0.25) is 14.5 Å². The minimum Gasteiger partial charge on any atom is -0.491 e. The monoisotopic (exact) mass is 307 g/mol. The van der Waals surface area contributed by atoms with E-state index in [1.54, 1.807) is 24.3 Å². The number of carbonyl (C=O) groups excluding carboxylic acids is 3. The Hall–Kier alpha value is -2.57. The van der Waals surface area contributed by atoms with Crippen molar-refractivity contribution < 1.29 is 28.6 Å². The summed E-state index contributed by atoms with van der Waals surface area (Å²) in [5.74, 6) is -1.06. The van der Waals surface area contributed by atoms with Gasteiger partial charge in [-0.05, 0) is 19.1 Å². The number of benzene rings is 1. The van der Waals surface area contributed by atoms with E-state index in [1.807, 2.05) is 0 Å². The summed E-state index contributed by atoms with van der Waals surface area (Å²) in [7, 11) is 1.21. The van der Waals surface area contributed by atoms with Crippen molar-refractivity contribution in [1.82, 2.24) is 0 Å². The van der Waals surface area contributed by atoms with Crippen LogP contribution < -0.4 is 9.64 Å². The number of para-hydroxylation sites is 2. The lowest BCUT2D eigenvalue weighted by atomic mass is 10.2. The van der Waals surface area contributed by atoms with Gasteiger partial charge in [0.1, 0.15) is 12.3 Å². The van der Waals surface area contributed by atoms with Crippen molar-refractivity contribution in [3.05, 3.63) is 24.3 Å². The molecule has 1 unspecified atom stereocenters. The minimum atomic E-state index is -1.02. The molecule has 1 aromatic rings. The Morgan fingerprint density at radius 3 is 2.82 bits per heavy atom. The fourth-order valence-corrected chi connectivity index (χ4v) is 2.07. The molecule has 0 bridgehead atoms. The molecule has 0 radical (unpaired) electrons. The zero-order valence-electron chi connectivity index (χ0n) is 12.4. The zero-order valence-corrected chi connectivity index (χ0v) is 12.4. The number of fused-ring (bicyclic) bond motifs is 1. The molecule has 1 aliphatic heterocycles. The van der Waals surface area contributed by atoms with Crippen molar-refractivity contribution in [1.29, 1.82) is 0 Å². The third-order valence-electron chi connectivity index (χ3n) is 3.16. The first-order valence-corrected chi connectivity index (χ1v) is 6.82. The number of rotatable bonds is 4. The number of hydrogen-bond donors (Lipinski definition) is 0. The molecule has 118 valence electrons. The number of esters is 2. The standard InChI is InChI=1S/C15H17NO6/c1-10(15(19)20-2)22-14(18)9-16-11-5-3-4-6-12(11)21-8-7-13(16)17/h3-6,10H,7-9H2,1-2H3. The number of nitrogens with zero attached hydrogens (tertiary/aromatic N) is 1. The largest absolute Gasteiger partial charge is 0.491 e. The fourth-order valence-electron chi connectivity index (χ4n) is 2.07. The van der Waals surface area contributed by atoms with Crippen LogP contribution in [0.25, 0.3) is 0 Å². The molecule has 0 aromatic heterocycles. The first-order valence-electron chi connectivity index (χ1n) is 6.82. The highest BCUT2D eigenvalue weighted by atomic mass is 16.6. The topological polar surface area (TPSA) is 82.1 Å². The first kappa shape index (κ1) is 15.8. The molecule has 1 aliphatic rings. The zero-order chi connectivity index (χ0) is 16.1. The molecule has 0 N–H and O–H groups in total.